The number of rotatable bonds is 4. The van der Waals surface area contributed by atoms with E-state index < -0.39 is 41.3 Å². The maximum atomic E-state index is 15.2. The number of hydrogen-bond acceptors (Lipinski definition) is 5. The number of nitrogens with zero attached hydrogens (tertiary/aromatic N) is 2. The second-order valence-corrected chi connectivity index (χ2v) is 10.5. The quantitative estimate of drug-likeness (QED) is 0.525. The maximum Gasteiger partial charge on any atom is 0.496 e. The number of aryl methyl sites for hydroxylation is 1. The number of aromatic nitrogens is 2. The normalized spacial score (nSPS) is 16.2. The molecule has 1 aliphatic rings. The highest BCUT2D eigenvalue weighted by atomic mass is 35.5. The summed E-state index contributed by atoms with van der Waals surface area (Å²) in [6.45, 7) is 9.36. The lowest BCUT2D eigenvalue weighted by atomic mass is 9.77. The molecule has 194 valence electrons. The minimum Gasteiger partial charge on any atom is -0.399 e. The van der Waals surface area contributed by atoms with Crippen LogP contribution < -0.4 is 22.0 Å². The summed E-state index contributed by atoms with van der Waals surface area (Å²) >= 11 is 6.79. The summed E-state index contributed by atoms with van der Waals surface area (Å²) in [4.78, 5) is 37.4. The third kappa shape index (κ3) is 4.54. The molecular formula is C26H28BClFN3O5. The lowest BCUT2D eigenvalue weighted by Crippen LogP contribution is -2.41. The van der Waals surface area contributed by atoms with Crippen LogP contribution in [0.1, 0.15) is 43.6 Å². The molecule has 0 spiro atoms. The van der Waals surface area contributed by atoms with E-state index in [1.165, 1.54) is 32.4 Å². The molecule has 4 rings (SSSR count). The highest BCUT2D eigenvalue weighted by Gasteiger charge is 2.52. The molecule has 0 unspecified atom stereocenters. The van der Waals surface area contributed by atoms with Gasteiger partial charge in [-0.1, -0.05) is 29.8 Å². The van der Waals surface area contributed by atoms with E-state index in [9.17, 15) is 14.4 Å². The lowest BCUT2D eigenvalue weighted by Gasteiger charge is -2.32. The van der Waals surface area contributed by atoms with Crippen LogP contribution in [0.15, 0.2) is 46.1 Å². The summed E-state index contributed by atoms with van der Waals surface area (Å²) in [5.74, 6) is -1.27. The number of hydrogen-bond donors (Lipinski definition) is 1. The first kappa shape index (κ1) is 26.8. The molecule has 0 radical (unpaired) electrons. The van der Waals surface area contributed by atoms with E-state index in [0.717, 1.165) is 9.13 Å². The molecule has 8 nitrogen and oxygen atoms in total. The van der Waals surface area contributed by atoms with Gasteiger partial charge in [0.15, 0.2) is 0 Å². The molecule has 0 saturated carbocycles. The van der Waals surface area contributed by atoms with Crippen molar-refractivity contribution in [2.75, 3.05) is 5.32 Å². The molecule has 1 aromatic heterocycles. The predicted octanol–water partition coefficient (Wildman–Crippen LogP) is 3.40. The number of nitrogens with one attached hydrogen (secondary N) is 1. The second-order valence-electron chi connectivity index (χ2n) is 10.1. The van der Waals surface area contributed by atoms with Crippen molar-refractivity contribution in [3.8, 4) is 11.1 Å². The Morgan fingerprint density at radius 1 is 1.05 bits per heavy atom. The highest BCUT2D eigenvalue weighted by Crippen LogP contribution is 2.39. The minimum atomic E-state index is -0.746. The zero-order valence-electron chi connectivity index (χ0n) is 21.7. The Morgan fingerprint density at radius 3 is 2.30 bits per heavy atom. The van der Waals surface area contributed by atoms with Crippen LogP contribution in [-0.4, -0.2) is 33.4 Å². The van der Waals surface area contributed by atoms with Crippen molar-refractivity contribution in [2.45, 2.75) is 45.8 Å². The fourth-order valence-corrected chi connectivity index (χ4v) is 4.50. The third-order valence-corrected chi connectivity index (χ3v) is 7.58. The van der Waals surface area contributed by atoms with Gasteiger partial charge in [-0.2, -0.15) is 0 Å². The van der Waals surface area contributed by atoms with Gasteiger partial charge >= 0.3 is 12.8 Å². The molecule has 0 bridgehead atoms. The molecule has 11 heteroatoms. The summed E-state index contributed by atoms with van der Waals surface area (Å²) in [5, 5.41) is 2.92. The van der Waals surface area contributed by atoms with Crippen LogP contribution in [0.3, 0.4) is 0 Å². The van der Waals surface area contributed by atoms with Crippen LogP contribution >= 0.6 is 11.6 Å². The van der Waals surface area contributed by atoms with Crippen molar-refractivity contribution >= 4 is 35.8 Å². The van der Waals surface area contributed by atoms with Gasteiger partial charge in [0.05, 0.1) is 11.2 Å². The Balaban J connectivity index is 1.74. The SMILES string of the molecule is Cc1c(NC(=O)c2cn(C)c(=O)n(C)c2=O)ccc(F)c1-c1cccc(B2OC(C)(C)C(C)(C)O2)c1Cl. The number of carbonyl (C=O) groups excluding carboxylic acids is 1. The van der Waals surface area contributed by atoms with E-state index >= 15 is 4.39 Å². The Morgan fingerprint density at radius 2 is 1.68 bits per heavy atom. The number of amides is 1. The number of anilines is 1. The van der Waals surface area contributed by atoms with Crippen LogP contribution in [0.2, 0.25) is 5.02 Å². The van der Waals surface area contributed by atoms with Crippen molar-refractivity contribution in [3.63, 3.8) is 0 Å². The van der Waals surface area contributed by atoms with E-state index in [1.54, 1.807) is 25.1 Å². The maximum absolute atomic E-state index is 15.2. The summed E-state index contributed by atoms with van der Waals surface area (Å²) in [5.41, 5.74) is -0.849. The zero-order valence-corrected chi connectivity index (χ0v) is 22.5. The van der Waals surface area contributed by atoms with E-state index in [1.807, 2.05) is 27.7 Å². The van der Waals surface area contributed by atoms with E-state index in [0.29, 0.717) is 16.6 Å². The fourth-order valence-electron chi connectivity index (χ4n) is 4.19. The van der Waals surface area contributed by atoms with Crippen molar-refractivity contribution in [1.29, 1.82) is 0 Å². The molecule has 1 saturated heterocycles. The first-order chi connectivity index (χ1) is 17.2. The van der Waals surface area contributed by atoms with Crippen molar-refractivity contribution in [2.24, 2.45) is 14.1 Å². The monoisotopic (exact) mass is 527 g/mol. The van der Waals surface area contributed by atoms with Crippen LogP contribution in [-0.2, 0) is 23.4 Å². The van der Waals surface area contributed by atoms with Gasteiger partial charge in [0, 0.05) is 47.6 Å². The Labute approximate surface area is 219 Å². The van der Waals surface area contributed by atoms with E-state index in [-0.39, 0.29) is 21.8 Å². The molecule has 1 fully saturated rings. The van der Waals surface area contributed by atoms with Crippen molar-refractivity contribution < 1.29 is 18.5 Å². The highest BCUT2D eigenvalue weighted by molar-refractivity contribution is 6.66. The van der Waals surface area contributed by atoms with Crippen LogP contribution in [0, 0.1) is 12.7 Å². The Hall–Kier alpha value is -3.21. The van der Waals surface area contributed by atoms with Gasteiger partial charge in [-0.3, -0.25) is 14.2 Å². The van der Waals surface area contributed by atoms with Gasteiger partial charge in [0.1, 0.15) is 11.4 Å². The van der Waals surface area contributed by atoms with E-state index in [4.69, 9.17) is 20.9 Å². The molecule has 37 heavy (non-hydrogen) atoms. The average molecular weight is 528 g/mol. The van der Waals surface area contributed by atoms with Crippen molar-refractivity contribution in [1.82, 2.24) is 9.13 Å². The number of carbonyl (C=O) groups is 1. The first-order valence-electron chi connectivity index (χ1n) is 11.7. The van der Waals surface area contributed by atoms with Gasteiger partial charge in [-0.25, -0.2) is 9.18 Å². The summed E-state index contributed by atoms with van der Waals surface area (Å²) in [6.07, 6.45) is 1.17. The second kappa shape index (κ2) is 9.27. The topological polar surface area (TPSA) is 91.6 Å². The molecule has 1 N–H and O–H groups in total. The smallest absolute Gasteiger partial charge is 0.399 e. The average Bonchev–Trinajstić information content (AvgIpc) is 3.04. The van der Waals surface area contributed by atoms with Crippen molar-refractivity contribution in [3.05, 3.63) is 79.3 Å². The largest absolute Gasteiger partial charge is 0.496 e. The summed E-state index contributed by atoms with van der Waals surface area (Å²) in [7, 11) is 1.98. The molecule has 0 aliphatic carbocycles. The predicted molar refractivity (Wildman–Crippen MR) is 142 cm³/mol. The van der Waals surface area contributed by atoms with Crippen LogP contribution in [0.5, 0.6) is 0 Å². The van der Waals surface area contributed by atoms with Gasteiger partial charge in [-0.15, -0.1) is 0 Å². The number of benzene rings is 2. The van der Waals surface area contributed by atoms with Gasteiger partial charge in [0.2, 0.25) is 0 Å². The lowest BCUT2D eigenvalue weighted by molar-refractivity contribution is 0.00578. The Kier molecular flexibility index (Phi) is 6.73. The molecule has 3 aromatic rings. The first-order valence-corrected chi connectivity index (χ1v) is 12.1. The molecule has 2 heterocycles. The zero-order chi connectivity index (χ0) is 27.4. The molecule has 1 amide bonds. The Bertz CT molecular complexity index is 1530. The molecule has 2 aromatic carbocycles. The number of halogens is 2. The molecule has 1 aliphatic heterocycles. The van der Waals surface area contributed by atoms with Gasteiger partial charge in [-0.05, 0) is 52.3 Å². The van der Waals surface area contributed by atoms with Gasteiger partial charge < -0.3 is 19.2 Å². The van der Waals surface area contributed by atoms with Gasteiger partial charge in [0.25, 0.3) is 11.5 Å². The van der Waals surface area contributed by atoms with E-state index in [2.05, 4.69) is 5.32 Å². The standard InChI is InChI=1S/C26H28BClFN3O5/c1-14-19(30-22(33)16-13-31(6)24(35)32(7)23(16)34)12-11-18(29)20(14)15-9-8-10-17(21(15)28)27-36-25(2,3)26(4,5)37-27/h8-13H,1-7H3,(H,30,33). The van der Waals surface area contributed by atoms with Crippen LogP contribution in [0.4, 0.5) is 10.1 Å². The molecule has 0 atom stereocenters. The summed E-state index contributed by atoms with van der Waals surface area (Å²) in [6, 6.07) is 7.80. The third-order valence-electron chi connectivity index (χ3n) is 7.16. The van der Waals surface area contributed by atoms with Crippen LogP contribution in [0.25, 0.3) is 11.1 Å². The fraction of sp³-hybridized carbons (Fsp3) is 0.346. The summed E-state index contributed by atoms with van der Waals surface area (Å²) < 4.78 is 29.5. The minimum absolute atomic E-state index is 0.189. The molecular weight excluding hydrogens is 500 g/mol.